The molecule has 0 bridgehead atoms. The van der Waals surface area contributed by atoms with Crippen LogP contribution in [0.5, 0.6) is 0 Å². The van der Waals surface area contributed by atoms with Gasteiger partial charge in [0, 0.05) is 28.7 Å². The second kappa shape index (κ2) is 5.45. The van der Waals surface area contributed by atoms with Crippen LogP contribution in [0.4, 0.5) is 0 Å². The summed E-state index contributed by atoms with van der Waals surface area (Å²) in [5, 5.41) is 12.2. The highest BCUT2D eigenvalue weighted by Crippen LogP contribution is 2.16. The molecule has 1 N–H and O–H groups in total. The van der Waals surface area contributed by atoms with Crippen LogP contribution < -0.4 is 0 Å². The first-order valence-electron chi connectivity index (χ1n) is 6.04. The van der Waals surface area contributed by atoms with Gasteiger partial charge in [-0.2, -0.15) is 0 Å². The van der Waals surface area contributed by atoms with Crippen LogP contribution in [-0.2, 0) is 12.8 Å². The van der Waals surface area contributed by atoms with E-state index < -0.39 is 6.10 Å². The molecule has 1 unspecified atom stereocenters. The summed E-state index contributed by atoms with van der Waals surface area (Å²) in [5.74, 6) is 0. The normalized spacial score (nSPS) is 12.9. The maximum atomic E-state index is 10.1. The van der Waals surface area contributed by atoms with Crippen molar-refractivity contribution in [2.24, 2.45) is 0 Å². The maximum absolute atomic E-state index is 10.1. The molecule has 19 heavy (non-hydrogen) atoms. The average Bonchev–Trinajstić information content (AvgIpc) is 2.89. The zero-order chi connectivity index (χ0) is 13.2. The molecule has 3 nitrogen and oxygen atoms in total. The fraction of sp³-hybridized carbons (Fsp3) is 0.214. The van der Waals surface area contributed by atoms with Gasteiger partial charge in [0.15, 0.2) is 4.96 Å². The third-order valence-corrected chi connectivity index (χ3v) is 4.21. The molecule has 3 aromatic rings. The van der Waals surface area contributed by atoms with Gasteiger partial charge in [0.1, 0.15) is 0 Å². The van der Waals surface area contributed by atoms with E-state index in [0.717, 1.165) is 20.7 Å². The molecule has 3 rings (SSSR count). The summed E-state index contributed by atoms with van der Waals surface area (Å²) in [5.41, 5.74) is 2.07. The number of fused-ring (bicyclic) bond motifs is 1. The van der Waals surface area contributed by atoms with E-state index in [0.29, 0.717) is 12.8 Å². The lowest BCUT2D eigenvalue weighted by Crippen LogP contribution is -2.14. The molecule has 0 saturated carbocycles. The van der Waals surface area contributed by atoms with Gasteiger partial charge in [-0.3, -0.25) is 4.40 Å². The first-order chi connectivity index (χ1) is 9.20. The molecule has 0 aliphatic carbocycles. The number of hydrogen-bond donors (Lipinski definition) is 1. The molecular formula is C14H13BrN2OS. The summed E-state index contributed by atoms with van der Waals surface area (Å²) < 4.78 is 3.03. The van der Waals surface area contributed by atoms with Gasteiger partial charge in [-0.15, -0.1) is 11.3 Å². The van der Waals surface area contributed by atoms with Gasteiger partial charge in [-0.1, -0.05) is 28.1 Å². The van der Waals surface area contributed by atoms with Gasteiger partial charge in [0.25, 0.3) is 0 Å². The van der Waals surface area contributed by atoms with Gasteiger partial charge < -0.3 is 5.11 Å². The molecule has 2 aromatic heterocycles. The Balaban J connectivity index is 1.68. The summed E-state index contributed by atoms with van der Waals surface area (Å²) in [6.45, 7) is 0. The van der Waals surface area contributed by atoms with Crippen molar-refractivity contribution in [1.82, 2.24) is 9.38 Å². The second-order valence-corrected chi connectivity index (χ2v) is 6.31. The van der Waals surface area contributed by atoms with E-state index in [2.05, 4.69) is 20.9 Å². The molecule has 0 aliphatic heterocycles. The Morgan fingerprint density at radius 3 is 3.05 bits per heavy atom. The van der Waals surface area contributed by atoms with Gasteiger partial charge in [0.05, 0.1) is 11.8 Å². The zero-order valence-electron chi connectivity index (χ0n) is 10.2. The van der Waals surface area contributed by atoms with Gasteiger partial charge in [0.2, 0.25) is 0 Å². The first-order valence-corrected chi connectivity index (χ1v) is 7.71. The van der Waals surface area contributed by atoms with Crippen LogP contribution in [0.3, 0.4) is 0 Å². The summed E-state index contributed by atoms with van der Waals surface area (Å²) in [6, 6.07) is 8.03. The Morgan fingerprint density at radius 2 is 2.26 bits per heavy atom. The van der Waals surface area contributed by atoms with E-state index in [4.69, 9.17) is 0 Å². The van der Waals surface area contributed by atoms with E-state index in [1.54, 1.807) is 11.3 Å². The Hall–Kier alpha value is -1.17. The number of nitrogens with zero attached hydrogens (tertiary/aromatic N) is 2. The van der Waals surface area contributed by atoms with E-state index >= 15 is 0 Å². The van der Waals surface area contributed by atoms with Crippen molar-refractivity contribution >= 4 is 32.2 Å². The van der Waals surface area contributed by atoms with Crippen LogP contribution in [0.25, 0.3) is 4.96 Å². The molecule has 2 heterocycles. The van der Waals surface area contributed by atoms with Gasteiger partial charge >= 0.3 is 0 Å². The van der Waals surface area contributed by atoms with E-state index in [-0.39, 0.29) is 0 Å². The highest BCUT2D eigenvalue weighted by atomic mass is 79.9. The van der Waals surface area contributed by atoms with Crippen molar-refractivity contribution in [1.29, 1.82) is 0 Å². The highest BCUT2D eigenvalue weighted by molar-refractivity contribution is 9.10. The molecule has 5 heteroatoms. The van der Waals surface area contributed by atoms with E-state index in [1.165, 1.54) is 0 Å². The summed E-state index contributed by atoms with van der Waals surface area (Å²) in [4.78, 5) is 5.46. The molecule has 1 atom stereocenters. The molecule has 1 aromatic carbocycles. The predicted octanol–water partition coefficient (Wildman–Crippen LogP) is 3.30. The lowest BCUT2D eigenvalue weighted by molar-refractivity contribution is 0.174. The zero-order valence-corrected chi connectivity index (χ0v) is 12.6. The van der Waals surface area contributed by atoms with E-state index in [9.17, 15) is 5.11 Å². The van der Waals surface area contributed by atoms with Crippen molar-refractivity contribution in [3.05, 3.63) is 57.8 Å². The minimum absolute atomic E-state index is 0.404. The largest absolute Gasteiger partial charge is 0.392 e. The number of rotatable bonds is 4. The number of aromatic nitrogens is 2. The molecule has 0 amide bonds. The lowest BCUT2D eigenvalue weighted by Gasteiger charge is -2.09. The van der Waals surface area contributed by atoms with Crippen molar-refractivity contribution in [2.45, 2.75) is 18.9 Å². The molecule has 98 valence electrons. The topological polar surface area (TPSA) is 37.5 Å². The number of aliphatic hydroxyl groups is 1. The van der Waals surface area contributed by atoms with Crippen LogP contribution in [0.2, 0.25) is 0 Å². The molecule has 0 fully saturated rings. The second-order valence-electron chi connectivity index (χ2n) is 4.52. The number of thiazole rings is 1. The van der Waals surface area contributed by atoms with Crippen molar-refractivity contribution in [2.75, 3.05) is 0 Å². The standard InChI is InChI=1S/C14H13BrN2OS/c15-11-3-1-2-10(6-11)7-13(18)8-12-9-17-4-5-19-14(17)16-12/h1-6,9,13,18H,7-8H2. The number of aliphatic hydroxyl groups excluding tert-OH is 1. The summed E-state index contributed by atoms with van der Waals surface area (Å²) in [6.07, 6.45) is 4.79. The Kier molecular flexibility index (Phi) is 3.68. The minimum atomic E-state index is -0.404. The highest BCUT2D eigenvalue weighted by Gasteiger charge is 2.10. The smallest absolute Gasteiger partial charge is 0.193 e. The Bertz CT molecular complexity index is 663. The molecular weight excluding hydrogens is 324 g/mol. The monoisotopic (exact) mass is 336 g/mol. The first kappa shape index (κ1) is 12.8. The molecule has 0 spiro atoms. The Labute approximate surface area is 123 Å². The van der Waals surface area contributed by atoms with Crippen LogP contribution >= 0.6 is 27.3 Å². The van der Waals surface area contributed by atoms with Crippen molar-refractivity contribution in [3.63, 3.8) is 0 Å². The summed E-state index contributed by atoms with van der Waals surface area (Å²) in [7, 11) is 0. The lowest BCUT2D eigenvalue weighted by atomic mass is 10.0. The molecule has 0 radical (unpaired) electrons. The van der Waals surface area contributed by atoms with Crippen LogP contribution in [0, 0.1) is 0 Å². The fourth-order valence-electron chi connectivity index (χ4n) is 2.12. The minimum Gasteiger partial charge on any atom is -0.392 e. The third kappa shape index (κ3) is 3.05. The molecule has 0 aliphatic rings. The number of benzene rings is 1. The van der Waals surface area contributed by atoms with Crippen molar-refractivity contribution < 1.29 is 5.11 Å². The summed E-state index contributed by atoms with van der Waals surface area (Å²) >= 11 is 5.05. The van der Waals surface area contributed by atoms with Gasteiger partial charge in [-0.05, 0) is 24.1 Å². The SMILES string of the molecule is OC(Cc1cccc(Br)c1)Cc1cn2ccsc2n1. The average molecular weight is 337 g/mol. The number of imidazole rings is 1. The Morgan fingerprint density at radius 1 is 1.37 bits per heavy atom. The maximum Gasteiger partial charge on any atom is 0.193 e. The van der Waals surface area contributed by atoms with Gasteiger partial charge in [-0.25, -0.2) is 4.98 Å². The number of halogens is 1. The fourth-order valence-corrected chi connectivity index (χ4v) is 3.29. The van der Waals surface area contributed by atoms with Crippen molar-refractivity contribution in [3.8, 4) is 0 Å². The van der Waals surface area contributed by atoms with E-state index in [1.807, 2.05) is 46.4 Å². The third-order valence-electron chi connectivity index (χ3n) is 2.95. The van der Waals surface area contributed by atoms with Crippen LogP contribution in [-0.4, -0.2) is 20.6 Å². The molecule has 0 saturated heterocycles. The van der Waals surface area contributed by atoms with Crippen LogP contribution in [0.15, 0.2) is 46.5 Å². The van der Waals surface area contributed by atoms with Crippen LogP contribution in [0.1, 0.15) is 11.3 Å². The number of hydrogen-bond acceptors (Lipinski definition) is 3. The predicted molar refractivity (Wildman–Crippen MR) is 80.6 cm³/mol. The quantitative estimate of drug-likeness (QED) is 0.793.